The van der Waals surface area contributed by atoms with Gasteiger partial charge in [-0.2, -0.15) is 0 Å². The molecule has 1 amide bonds. The summed E-state index contributed by atoms with van der Waals surface area (Å²) in [6.07, 6.45) is -1.72. The lowest BCUT2D eigenvalue weighted by Crippen LogP contribution is -2.41. The number of amides is 1. The molecule has 0 radical (unpaired) electrons. The zero-order valence-corrected chi connectivity index (χ0v) is 17.8. The molecule has 0 atom stereocenters. The van der Waals surface area contributed by atoms with Gasteiger partial charge in [-0.05, 0) is 18.2 Å². The molecule has 7 nitrogen and oxygen atoms in total. The molecule has 11 heteroatoms. The summed E-state index contributed by atoms with van der Waals surface area (Å²) in [5.41, 5.74) is 0.777. The molecular formula is C18H21F3IN5O2. The van der Waals surface area contributed by atoms with Gasteiger partial charge in [-0.15, -0.1) is 37.1 Å². The van der Waals surface area contributed by atoms with E-state index in [2.05, 4.69) is 30.7 Å². The summed E-state index contributed by atoms with van der Waals surface area (Å²) in [6, 6.07) is 9.16. The quantitative estimate of drug-likeness (QED) is 0.225. The van der Waals surface area contributed by atoms with Crippen molar-refractivity contribution in [3.05, 3.63) is 59.9 Å². The lowest BCUT2D eigenvalue weighted by molar-refractivity contribution is -0.274. The lowest BCUT2D eigenvalue weighted by atomic mass is 10.2. The average Bonchev–Trinajstić information content (AvgIpc) is 2.68. The number of carbonyl (C=O) groups excluding carboxylic acids is 1. The molecule has 1 aromatic heterocycles. The summed E-state index contributed by atoms with van der Waals surface area (Å²) < 4.78 is 41.4. The first-order valence-electron chi connectivity index (χ1n) is 8.35. The van der Waals surface area contributed by atoms with Crippen LogP contribution in [0.25, 0.3) is 0 Å². The third-order valence-corrected chi connectivity index (χ3v) is 3.49. The standard InChI is InChI=1S/C18H20F3N5O2.HI/c1-22-17(25-10-9-24-16(27)14-6-4-8-23-11-14)26-12-13-5-2-3-7-15(13)28-18(19,20)21;/h2-8,11H,9-10,12H2,1H3,(H,24,27)(H2,22,25,26);1H. The van der Waals surface area contributed by atoms with Crippen LogP contribution >= 0.6 is 24.0 Å². The number of benzene rings is 1. The van der Waals surface area contributed by atoms with Crippen LogP contribution in [0.2, 0.25) is 0 Å². The number of aromatic nitrogens is 1. The second-order valence-electron chi connectivity index (χ2n) is 5.51. The molecule has 2 aromatic rings. The minimum absolute atomic E-state index is 0. The largest absolute Gasteiger partial charge is 0.573 e. The Hall–Kier alpha value is -2.57. The van der Waals surface area contributed by atoms with Crippen LogP contribution in [0.3, 0.4) is 0 Å². The molecule has 0 saturated heterocycles. The van der Waals surface area contributed by atoms with Crippen LogP contribution in [0.1, 0.15) is 15.9 Å². The van der Waals surface area contributed by atoms with Crippen LogP contribution in [-0.4, -0.2) is 43.4 Å². The molecule has 1 heterocycles. The number of hydrogen-bond donors (Lipinski definition) is 3. The number of rotatable bonds is 7. The molecule has 0 unspecified atom stereocenters. The average molecular weight is 523 g/mol. The number of guanidine groups is 1. The molecule has 0 spiro atoms. The molecule has 2 rings (SSSR count). The Bertz CT molecular complexity index is 804. The SMILES string of the molecule is CN=C(NCCNC(=O)c1cccnc1)NCc1ccccc1OC(F)(F)F.I. The Morgan fingerprint density at radius 2 is 1.83 bits per heavy atom. The summed E-state index contributed by atoms with van der Waals surface area (Å²) in [7, 11) is 1.53. The van der Waals surface area contributed by atoms with Crippen LogP contribution in [0.5, 0.6) is 5.75 Å². The molecule has 0 bridgehead atoms. The molecule has 29 heavy (non-hydrogen) atoms. The molecule has 0 fully saturated rings. The van der Waals surface area contributed by atoms with E-state index in [9.17, 15) is 18.0 Å². The molecule has 0 aliphatic heterocycles. The first kappa shape index (κ1) is 24.5. The van der Waals surface area contributed by atoms with Crippen molar-refractivity contribution in [2.24, 2.45) is 4.99 Å². The van der Waals surface area contributed by atoms with E-state index in [0.717, 1.165) is 0 Å². The van der Waals surface area contributed by atoms with Crippen molar-refractivity contribution in [1.29, 1.82) is 0 Å². The van der Waals surface area contributed by atoms with Gasteiger partial charge in [0, 0.05) is 44.6 Å². The molecule has 158 valence electrons. The van der Waals surface area contributed by atoms with Crippen molar-refractivity contribution in [3.8, 4) is 5.75 Å². The molecular weight excluding hydrogens is 502 g/mol. The number of alkyl halides is 3. The van der Waals surface area contributed by atoms with Crippen LogP contribution < -0.4 is 20.7 Å². The number of halogens is 4. The normalized spacial score (nSPS) is 11.2. The van der Waals surface area contributed by atoms with E-state index in [1.165, 1.54) is 31.4 Å². The summed E-state index contributed by atoms with van der Waals surface area (Å²) in [5.74, 6) is -0.157. The van der Waals surface area contributed by atoms with Crippen molar-refractivity contribution >= 4 is 35.8 Å². The van der Waals surface area contributed by atoms with E-state index in [0.29, 0.717) is 30.2 Å². The van der Waals surface area contributed by atoms with E-state index in [-0.39, 0.29) is 42.2 Å². The summed E-state index contributed by atoms with van der Waals surface area (Å²) in [6.45, 7) is 0.766. The predicted octanol–water partition coefficient (Wildman–Crippen LogP) is 2.69. The number of pyridine rings is 1. The van der Waals surface area contributed by atoms with Gasteiger partial charge in [0.05, 0.1) is 5.56 Å². The Morgan fingerprint density at radius 1 is 1.10 bits per heavy atom. The summed E-state index contributed by atoms with van der Waals surface area (Å²) >= 11 is 0. The highest BCUT2D eigenvalue weighted by atomic mass is 127. The van der Waals surface area contributed by atoms with Crippen LogP contribution in [0.4, 0.5) is 13.2 Å². The van der Waals surface area contributed by atoms with E-state index < -0.39 is 6.36 Å². The van der Waals surface area contributed by atoms with Gasteiger partial charge in [0.25, 0.3) is 5.91 Å². The van der Waals surface area contributed by atoms with Crippen molar-refractivity contribution in [2.75, 3.05) is 20.1 Å². The third-order valence-electron chi connectivity index (χ3n) is 3.49. The maximum Gasteiger partial charge on any atom is 0.573 e. The Balaban J connectivity index is 0.00000420. The van der Waals surface area contributed by atoms with Crippen molar-refractivity contribution in [1.82, 2.24) is 20.9 Å². The highest BCUT2D eigenvalue weighted by Gasteiger charge is 2.31. The highest BCUT2D eigenvalue weighted by molar-refractivity contribution is 14.0. The van der Waals surface area contributed by atoms with Gasteiger partial charge < -0.3 is 20.7 Å². The fourth-order valence-corrected chi connectivity index (χ4v) is 2.23. The first-order chi connectivity index (χ1) is 13.4. The van der Waals surface area contributed by atoms with Crippen molar-refractivity contribution in [2.45, 2.75) is 12.9 Å². The molecule has 0 saturated carbocycles. The van der Waals surface area contributed by atoms with Gasteiger partial charge >= 0.3 is 6.36 Å². The summed E-state index contributed by atoms with van der Waals surface area (Å²) in [4.78, 5) is 19.8. The number of ether oxygens (including phenoxy) is 1. The third kappa shape index (κ3) is 8.98. The Kier molecular flexibility index (Phi) is 10.2. The zero-order chi connectivity index (χ0) is 20.4. The molecule has 3 N–H and O–H groups in total. The number of nitrogens with one attached hydrogen (secondary N) is 3. The second-order valence-corrected chi connectivity index (χ2v) is 5.51. The smallest absolute Gasteiger partial charge is 0.405 e. The van der Waals surface area contributed by atoms with Gasteiger partial charge in [0.2, 0.25) is 0 Å². The number of aliphatic imine (C=N–C) groups is 1. The molecule has 0 aliphatic rings. The summed E-state index contributed by atoms with van der Waals surface area (Å²) in [5, 5.41) is 8.58. The molecule has 0 aliphatic carbocycles. The fourth-order valence-electron chi connectivity index (χ4n) is 2.23. The van der Waals surface area contributed by atoms with E-state index in [1.807, 2.05) is 0 Å². The van der Waals surface area contributed by atoms with Gasteiger partial charge in [0.1, 0.15) is 5.75 Å². The lowest BCUT2D eigenvalue weighted by Gasteiger charge is -2.15. The monoisotopic (exact) mass is 523 g/mol. The number of hydrogen-bond acceptors (Lipinski definition) is 4. The van der Waals surface area contributed by atoms with E-state index in [1.54, 1.807) is 24.4 Å². The number of carbonyl (C=O) groups is 1. The van der Waals surface area contributed by atoms with Crippen molar-refractivity contribution < 1.29 is 22.7 Å². The van der Waals surface area contributed by atoms with Gasteiger partial charge in [-0.3, -0.25) is 14.8 Å². The van der Waals surface area contributed by atoms with Gasteiger partial charge in [0.15, 0.2) is 5.96 Å². The van der Waals surface area contributed by atoms with Crippen LogP contribution in [-0.2, 0) is 6.54 Å². The van der Waals surface area contributed by atoms with Crippen LogP contribution in [0.15, 0.2) is 53.8 Å². The van der Waals surface area contributed by atoms with Gasteiger partial charge in [-0.25, -0.2) is 0 Å². The Morgan fingerprint density at radius 3 is 2.48 bits per heavy atom. The Labute approximate surface area is 183 Å². The highest BCUT2D eigenvalue weighted by Crippen LogP contribution is 2.25. The zero-order valence-electron chi connectivity index (χ0n) is 15.5. The maximum absolute atomic E-state index is 12.5. The minimum atomic E-state index is -4.76. The van der Waals surface area contributed by atoms with E-state index in [4.69, 9.17) is 0 Å². The fraction of sp³-hybridized carbons (Fsp3) is 0.278. The van der Waals surface area contributed by atoms with Crippen LogP contribution in [0, 0.1) is 0 Å². The van der Waals surface area contributed by atoms with E-state index >= 15 is 0 Å². The number of nitrogens with zero attached hydrogens (tertiary/aromatic N) is 2. The molecule has 1 aromatic carbocycles. The number of para-hydroxylation sites is 1. The van der Waals surface area contributed by atoms with Gasteiger partial charge in [-0.1, -0.05) is 18.2 Å². The maximum atomic E-state index is 12.5. The topological polar surface area (TPSA) is 87.6 Å². The first-order valence-corrected chi connectivity index (χ1v) is 8.35. The second kappa shape index (κ2) is 12.1. The van der Waals surface area contributed by atoms with Crippen molar-refractivity contribution in [3.63, 3.8) is 0 Å². The minimum Gasteiger partial charge on any atom is -0.405 e. The predicted molar refractivity (Wildman–Crippen MR) is 113 cm³/mol.